The van der Waals surface area contributed by atoms with Crippen molar-refractivity contribution in [1.82, 2.24) is 4.90 Å². The van der Waals surface area contributed by atoms with Gasteiger partial charge in [0.2, 0.25) is 0 Å². The molecular formula is C24H31Cl2NO5. The van der Waals surface area contributed by atoms with Gasteiger partial charge in [0, 0.05) is 39.9 Å². The van der Waals surface area contributed by atoms with Crippen LogP contribution in [0, 0.1) is 0 Å². The van der Waals surface area contributed by atoms with Crippen LogP contribution in [-0.2, 0) is 16.0 Å². The van der Waals surface area contributed by atoms with Crippen molar-refractivity contribution in [3.05, 3.63) is 52.0 Å². The third-order valence-corrected chi connectivity index (χ3v) is 6.51. The SMILES string of the molecule is COCCOc1cc(CN2CCC(COc3ccc(Cl)c(Cl)c3)(OC)CC2)ccc1OC. The zero-order valence-electron chi connectivity index (χ0n) is 18.9. The molecule has 0 N–H and O–H groups in total. The van der Waals surface area contributed by atoms with Crippen LogP contribution in [-0.4, -0.2) is 64.7 Å². The Hall–Kier alpha value is -1.70. The Morgan fingerprint density at radius 1 is 0.875 bits per heavy atom. The van der Waals surface area contributed by atoms with E-state index in [1.807, 2.05) is 18.2 Å². The molecule has 0 saturated carbocycles. The molecule has 0 atom stereocenters. The van der Waals surface area contributed by atoms with Crippen molar-refractivity contribution in [2.45, 2.75) is 25.0 Å². The Bertz CT molecular complexity index is 871. The third kappa shape index (κ3) is 6.65. The summed E-state index contributed by atoms with van der Waals surface area (Å²) >= 11 is 12.1. The molecule has 176 valence electrons. The molecule has 1 fully saturated rings. The summed E-state index contributed by atoms with van der Waals surface area (Å²) in [6.07, 6.45) is 1.75. The fourth-order valence-electron chi connectivity index (χ4n) is 3.73. The number of rotatable bonds is 11. The Balaban J connectivity index is 1.55. The van der Waals surface area contributed by atoms with Gasteiger partial charge >= 0.3 is 0 Å². The summed E-state index contributed by atoms with van der Waals surface area (Å²) in [5, 5.41) is 0.995. The van der Waals surface area contributed by atoms with E-state index >= 15 is 0 Å². The lowest BCUT2D eigenvalue weighted by Gasteiger charge is -2.40. The first-order valence-electron chi connectivity index (χ1n) is 10.6. The molecule has 32 heavy (non-hydrogen) atoms. The van der Waals surface area contributed by atoms with E-state index in [4.69, 9.17) is 46.9 Å². The normalized spacial score (nSPS) is 16.0. The minimum atomic E-state index is -0.322. The summed E-state index contributed by atoms with van der Waals surface area (Å²) in [5.74, 6) is 2.15. The molecule has 0 amide bonds. The molecule has 2 aromatic carbocycles. The van der Waals surface area contributed by atoms with Crippen LogP contribution in [0.1, 0.15) is 18.4 Å². The van der Waals surface area contributed by atoms with Crippen molar-refractivity contribution in [2.75, 3.05) is 54.2 Å². The first-order valence-corrected chi connectivity index (χ1v) is 11.4. The number of hydrogen-bond acceptors (Lipinski definition) is 6. The van der Waals surface area contributed by atoms with Crippen molar-refractivity contribution in [2.24, 2.45) is 0 Å². The van der Waals surface area contributed by atoms with Crippen LogP contribution in [0.25, 0.3) is 0 Å². The maximum absolute atomic E-state index is 6.09. The highest BCUT2D eigenvalue weighted by Gasteiger charge is 2.35. The molecule has 1 aliphatic heterocycles. The van der Waals surface area contributed by atoms with Gasteiger partial charge in [-0.2, -0.15) is 0 Å². The van der Waals surface area contributed by atoms with E-state index < -0.39 is 0 Å². The van der Waals surface area contributed by atoms with Gasteiger partial charge in [-0.1, -0.05) is 29.3 Å². The zero-order valence-corrected chi connectivity index (χ0v) is 20.4. The number of methoxy groups -OCH3 is 3. The van der Waals surface area contributed by atoms with E-state index in [0.29, 0.717) is 35.6 Å². The number of halogens is 2. The first-order chi connectivity index (χ1) is 15.5. The smallest absolute Gasteiger partial charge is 0.161 e. The van der Waals surface area contributed by atoms with Crippen LogP contribution in [0.15, 0.2) is 36.4 Å². The van der Waals surface area contributed by atoms with Crippen LogP contribution in [0.5, 0.6) is 17.2 Å². The van der Waals surface area contributed by atoms with Crippen LogP contribution >= 0.6 is 23.2 Å². The summed E-state index contributed by atoms with van der Waals surface area (Å²) in [6, 6.07) is 11.4. The van der Waals surface area contributed by atoms with Crippen molar-refractivity contribution in [3.63, 3.8) is 0 Å². The number of ether oxygens (including phenoxy) is 5. The molecule has 0 bridgehead atoms. The van der Waals surface area contributed by atoms with Gasteiger partial charge in [-0.15, -0.1) is 0 Å². The van der Waals surface area contributed by atoms with Gasteiger partial charge in [0.1, 0.15) is 24.6 Å². The third-order valence-electron chi connectivity index (χ3n) is 5.77. The Kier molecular flexibility index (Phi) is 9.32. The highest BCUT2D eigenvalue weighted by atomic mass is 35.5. The van der Waals surface area contributed by atoms with Gasteiger partial charge in [0.15, 0.2) is 11.5 Å². The lowest BCUT2D eigenvalue weighted by atomic mass is 9.91. The molecule has 0 aliphatic carbocycles. The molecule has 1 heterocycles. The molecule has 6 nitrogen and oxygen atoms in total. The lowest BCUT2D eigenvalue weighted by molar-refractivity contribution is -0.0839. The molecule has 0 spiro atoms. The number of hydrogen-bond donors (Lipinski definition) is 0. The van der Waals surface area contributed by atoms with Crippen molar-refractivity contribution in [3.8, 4) is 17.2 Å². The average Bonchev–Trinajstić information content (AvgIpc) is 2.81. The summed E-state index contributed by atoms with van der Waals surface area (Å²) in [5.41, 5.74) is 0.854. The molecule has 1 aliphatic rings. The van der Waals surface area contributed by atoms with E-state index in [1.165, 1.54) is 5.56 Å². The summed E-state index contributed by atoms with van der Waals surface area (Å²) in [6.45, 7) is 4.13. The predicted molar refractivity (Wildman–Crippen MR) is 127 cm³/mol. The largest absolute Gasteiger partial charge is 0.493 e. The Labute approximate surface area is 200 Å². The van der Waals surface area contributed by atoms with Gasteiger partial charge in [-0.3, -0.25) is 4.90 Å². The number of piperidine rings is 1. The molecule has 3 rings (SSSR count). The number of benzene rings is 2. The van der Waals surface area contributed by atoms with Gasteiger partial charge in [0.05, 0.1) is 23.8 Å². The molecule has 0 aromatic heterocycles. The minimum absolute atomic E-state index is 0.322. The maximum Gasteiger partial charge on any atom is 0.161 e. The second kappa shape index (κ2) is 12.0. The van der Waals surface area contributed by atoms with E-state index in [9.17, 15) is 0 Å². The van der Waals surface area contributed by atoms with Crippen molar-refractivity contribution in [1.29, 1.82) is 0 Å². The highest BCUT2D eigenvalue weighted by molar-refractivity contribution is 6.42. The van der Waals surface area contributed by atoms with E-state index in [2.05, 4.69) is 11.0 Å². The van der Waals surface area contributed by atoms with Gasteiger partial charge in [0.25, 0.3) is 0 Å². The number of likely N-dealkylation sites (tertiary alicyclic amines) is 1. The zero-order chi connectivity index (χ0) is 23.0. The molecule has 0 unspecified atom stereocenters. The lowest BCUT2D eigenvalue weighted by Crippen LogP contribution is -2.48. The van der Waals surface area contributed by atoms with Gasteiger partial charge in [-0.05, 0) is 42.7 Å². The summed E-state index contributed by atoms with van der Waals surface area (Å²) in [7, 11) is 5.05. The topological polar surface area (TPSA) is 49.4 Å². The molecule has 8 heteroatoms. The maximum atomic E-state index is 6.09. The van der Waals surface area contributed by atoms with Crippen LogP contribution < -0.4 is 14.2 Å². The van der Waals surface area contributed by atoms with Gasteiger partial charge < -0.3 is 23.7 Å². The molecular weight excluding hydrogens is 453 g/mol. The molecule has 1 saturated heterocycles. The predicted octanol–water partition coefficient (Wildman–Crippen LogP) is 5.09. The Morgan fingerprint density at radius 2 is 1.66 bits per heavy atom. The molecule has 0 radical (unpaired) electrons. The van der Waals surface area contributed by atoms with Crippen LogP contribution in [0.4, 0.5) is 0 Å². The quantitative estimate of drug-likeness (QED) is 0.415. The average molecular weight is 484 g/mol. The van der Waals surface area contributed by atoms with Crippen molar-refractivity contribution < 1.29 is 23.7 Å². The van der Waals surface area contributed by atoms with E-state index in [-0.39, 0.29) is 5.60 Å². The second-order valence-electron chi connectivity index (χ2n) is 7.85. The minimum Gasteiger partial charge on any atom is -0.493 e. The standard InChI is InChI=1S/C24H31Cl2NO5/c1-28-12-13-31-23-14-18(4-7-22(23)29-2)16-27-10-8-24(30-3,9-11-27)17-32-19-5-6-20(25)21(26)15-19/h4-7,14-15H,8-13,16-17H2,1-3H3. The van der Waals surface area contributed by atoms with E-state index in [0.717, 1.165) is 44.0 Å². The van der Waals surface area contributed by atoms with E-state index in [1.54, 1.807) is 33.5 Å². The number of nitrogens with zero attached hydrogens (tertiary/aromatic N) is 1. The fraction of sp³-hybridized carbons (Fsp3) is 0.500. The highest BCUT2D eigenvalue weighted by Crippen LogP contribution is 2.32. The fourth-order valence-corrected chi connectivity index (χ4v) is 4.02. The first kappa shape index (κ1) is 24.9. The summed E-state index contributed by atoms with van der Waals surface area (Å²) < 4.78 is 28.2. The summed E-state index contributed by atoms with van der Waals surface area (Å²) in [4.78, 5) is 2.41. The second-order valence-corrected chi connectivity index (χ2v) is 8.67. The van der Waals surface area contributed by atoms with Gasteiger partial charge in [-0.25, -0.2) is 0 Å². The monoisotopic (exact) mass is 483 g/mol. The Morgan fingerprint density at radius 3 is 2.31 bits per heavy atom. The van der Waals surface area contributed by atoms with Crippen molar-refractivity contribution >= 4 is 23.2 Å². The van der Waals surface area contributed by atoms with Crippen LogP contribution in [0.2, 0.25) is 10.0 Å². The van der Waals surface area contributed by atoms with Crippen LogP contribution in [0.3, 0.4) is 0 Å². The molecule has 2 aromatic rings.